The number of carbonyl (C=O) groups is 3. The van der Waals surface area contributed by atoms with Gasteiger partial charge in [-0.3, -0.25) is 9.59 Å². The summed E-state index contributed by atoms with van der Waals surface area (Å²) in [7, 11) is 0. The molecule has 2 fully saturated rings. The molecule has 4 amide bonds. The van der Waals surface area contributed by atoms with Gasteiger partial charge in [-0.25, -0.2) is 4.79 Å². The number of amides is 4. The second kappa shape index (κ2) is 12.0. The van der Waals surface area contributed by atoms with Crippen LogP contribution in [0.15, 0.2) is 28.7 Å². The topological polar surface area (TPSA) is 85.0 Å². The number of rotatable bonds is 7. The third-order valence-electron chi connectivity index (χ3n) is 5.71. The fourth-order valence-electron chi connectivity index (χ4n) is 3.90. The number of urea groups is 1. The van der Waals surface area contributed by atoms with Gasteiger partial charge in [-0.05, 0) is 63.2 Å². The van der Waals surface area contributed by atoms with Gasteiger partial charge in [0.2, 0.25) is 11.8 Å². The molecule has 0 saturated carbocycles. The first-order valence-electron chi connectivity index (χ1n) is 11.1. The van der Waals surface area contributed by atoms with E-state index in [0.717, 1.165) is 30.5 Å². The summed E-state index contributed by atoms with van der Waals surface area (Å²) in [5.41, 5.74) is 0.669. The predicted octanol–water partition coefficient (Wildman–Crippen LogP) is 2.51. The standard InChI is InChI=1S/C22H32BrN5O3/c23-18-6-8-19(9-7-18)25-22(31)28-15-14-27(21(30)17-28)16-20(29)24-10-5-13-26-11-3-1-2-4-12-26/h6-9H,1-5,10-17H2,(H,24,29)(H,25,31). The normalized spacial score (nSPS) is 17.9. The second-order valence-corrected chi connectivity index (χ2v) is 9.05. The molecule has 0 unspecified atom stereocenters. The maximum atomic E-state index is 12.4. The molecule has 1 aromatic carbocycles. The molecule has 1 aromatic rings. The van der Waals surface area contributed by atoms with E-state index < -0.39 is 0 Å². The number of benzene rings is 1. The van der Waals surface area contributed by atoms with Crippen molar-refractivity contribution in [2.45, 2.75) is 32.1 Å². The molecule has 0 spiro atoms. The molecule has 0 aromatic heterocycles. The number of halogens is 1. The highest BCUT2D eigenvalue weighted by Gasteiger charge is 2.28. The number of carbonyl (C=O) groups excluding carboxylic acids is 3. The van der Waals surface area contributed by atoms with Crippen LogP contribution in [0.25, 0.3) is 0 Å². The third-order valence-corrected chi connectivity index (χ3v) is 6.24. The highest BCUT2D eigenvalue weighted by Crippen LogP contribution is 2.15. The van der Waals surface area contributed by atoms with Crippen LogP contribution >= 0.6 is 15.9 Å². The van der Waals surface area contributed by atoms with Crippen molar-refractivity contribution in [3.05, 3.63) is 28.7 Å². The minimum atomic E-state index is -0.312. The van der Waals surface area contributed by atoms with Crippen molar-refractivity contribution in [2.75, 3.05) is 57.7 Å². The van der Waals surface area contributed by atoms with Crippen LogP contribution in [0.5, 0.6) is 0 Å². The van der Waals surface area contributed by atoms with Crippen LogP contribution in [0.1, 0.15) is 32.1 Å². The molecule has 0 bridgehead atoms. The summed E-state index contributed by atoms with van der Waals surface area (Å²) < 4.78 is 0.925. The molecule has 2 saturated heterocycles. The van der Waals surface area contributed by atoms with Crippen LogP contribution in [0, 0.1) is 0 Å². The summed E-state index contributed by atoms with van der Waals surface area (Å²) in [4.78, 5) is 42.5. The van der Waals surface area contributed by atoms with Crippen molar-refractivity contribution < 1.29 is 14.4 Å². The molecule has 3 rings (SSSR count). The molecule has 2 aliphatic rings. The summed E-state index contributed by atoms with van der Waals surface area (Å²) in [6, 6.07) is 6.94. The molecular weight excluding hydrogens is 462 g/mol. The summed E-state index contributed by atoms with van der Waals surface area (Å²) >= 11 is 3.35. The van der Waals surface area contributed by atoms with Gasteiger partial charge in [0.15, 0.2) is 0 Å². The molecule has 0 atom stereocenters. The van der Waals surface area contributed by atoms with Crippen LogP contribution in [0.3, 0.4) is 0 Å². The minimum absolute atomic E-state index is 0.0232. The SMILES string of the molecule is O=C(CN1CCN(C(=O)Nc2ccc(Br)cc2)CC1=O)NCCCN1CCCCCC1. The molecule has 0 radical (unpaired) electrons. The number of hydrogen-bond acceptors (Lipinski definition) is 4. The van der Waals surface area contributed by atoms with E-state index in [9.17, 15) is 14.4 Å². The Hall–Kier alpha value is -2.13. The highest BCUT2D eigenvalue weighted by molar-refractivity contribution is 9.10. The zero-order valence-corrected chi connectivity index (χ0v) is 19.5. The first-order chi connectivity index (χ1) is 15.0. The van der Waals surface area contributed by atoms with Gasteiger partial charge >= 0.3 is 6.03 Å². The fraction of sp³-hybridized carbons (Fsp3) is 0.591. The molecule has 2 aliphatic heterocycles. The summed E-state index contributed by atoms with van der Waals surface area (Å²) in [5.74, 6) is -0.353. The minimum Gasteiger partial charge on any atom is -0.355 e. The van der Waals surface area contributed by atoms with Gasteiger partial charge in [-0.15, -0.1) is 0 Å². The van der Waals surface area contributed by atoms with Gasteiger partial charge in [-0.2, -0.15) is 0 Å². The zero-order valence-electron chi connectivity index (χ0n) is 17.9. The van der Waals surface area contributed by atoms with Gasteiger partial charge in [0.05, 0.1) is 6.54 Å². The van der Waals surface area contributed by atoms with Crippen molar-refractivity contribution >= 4 is 39.5 Å². The van der Waals surface area contributed by atoms with E-state index in [1.165, 1.54) is 35.5 Å². The van der Waals surface area contributed by atoms with Crippen LogP contribution in [-0.4, -0.2) is 84.9 Å². The molecule has 2 heterocycles. The zero-order chi connectivity index (χ0) is 22.1. The molecule has 0 aliphatic carbocycles. The Labute approximate surface area is 192 Å². The fourth-order valence-corrected chi connectivity index (χ4v) is 4.17. The van der Waals surface area contributed by atoms with E-state index in [4.69, 9.17) is 0 Å². The number of nitrogens with zero attached hydrogens (tertiary/aromatic N) is 3. The average Bonchev–Trinajstić information content (AvgIpc) is 3.03. The van der Waals surface area contributed by atoms with Gasteiger partial charge in [-0.1, -0.05) is 28.8 Å². The third kappa shape index (κ3) is 7.81. The monoisotopic (exact) mass is 493 g/mol. The molecule has 8 nitrogen and oxygen atoms in total. The van der Waals surface area contributed by atoms with E-state index >= 15 is 0 Å². The van der Waals surface area contributed by atoms with E-state index in [1.54, 1.807) is 12.1 Å². The van der Waals surface area contributed by atoms with Crippen LogP contribution in [-0.2, 0) is 9.59 Å². The van der Waals surface area contributed by atoms with E-state index in [0.29, 0.717) is 25.3 Å². The van der Waals surface area contributed by atoms with Crippen molar-refractivity contribution in [3.8, 4) is 0 Å². The van der Waals surface area contributed by atoms with Gasteiger partial charge in [0, 0.05) is 29.8 Å². The second-order valence-electron chi connectivity index (χ2n) is 8.13. The summed E-state index contributed by atoms with van der Waals surface area (Å²) in [5, 5.41) is 5.71. The molecule has 31 heavy (non-hydrogen) atoms. The quantitative estimate of drug-likeness (QED) is 0.571. The molecule has 9 heteroatoms. The lowest BCUT2D eigenvalue weighted by Gasteiger charge is -2.33. The molecule has 2 N–H and O–H groups in total. The van der Waals surface area contributed by atoms with Crippen LogP contribution in [0.2, 0.25) is 0 Å². The smallest absolute Gasteiger partial charge is 0.322 e. The Morgan fingerprint density at radius 2 is 1.68 bits per heavy atom. The van der Waals surface area contributed by atoms with Gasteiger partial charge in [0.25, 0.3) is 0 Å². The Bertz CT molecular complexity index is 750. The summed E-state index contributed by atoms with van der Waals surface area (Å²) in [6.07, 6.45) is 6.09. The Morgan fingerprint density at radius 1 is 0.968 bits per heavy atom. The van der Waals surface area contributed by atoms with Crippen molar-refractivity contribution in [1.29, 1.82) is 0 Å². The number of piperazine rings is 1. The predicted molar refractivity (Wildman–Crippen MR) is 124 cm³/mol. The Morgan fingerprint density at radius 3 is 2.35 bits per heavy atom. The number of hydrogen-bond donors (Lipinski definition) is 2. The first-order valence-corrected chi connectivity index (χ1v) is 11.9. The maximum absolute atomic E-state index is 12.4. The van der Waals surface area contributed by atoms with Crippen LogP contribution < -0.4 is 10.6 Å². The average molecular weight is 494 g/mol. The van der Waals surface area contributed by atoms with Gasteiger partial charge < -0.3 is 25.3 Å². The lowest BCUT2D eigenvalue weighted by Crippen LogP contribution is -2.55. The summed E-state index contributed by atoms with van der Waals surface area (Å²) in [6.45, 7) is 4.72. The number of likely N-dealkylation sites (tertiary alicyclic amines) is 1. The largest absolute Gasteiger partial charge is 0.355 e. The lowest BCUT2D eigenvalue weighted by molar-refractivity contribution is -0.139. The van der Waals surface area contributed by atoms with Crippen molar-refractivity contribution in [1.82, 2.24) is 20.0 Å². The Kier molecular flexibility index (Phi) is 9.14. The van der Waals surface area contributed by atoms with Gasteiger partial charge in [0.1, 0.15) is 6.54 Å². The number of nitrogens with one attached hydrogen (secondary N) is 2. The van der Waals surface area contributed by atoms with E-state index in [-0.39, 0.29) is 30.9 Å². The number of anilines is 1. The Balaban J connectivity index is 1.33. The van der Waals surface area contributed by atoms with Crippen molar-refractivity contribution in [2.24, 2.45) is 0 Å². The molecular formula is C22H32BrN5O3. The molecule has 170 valence electrons. The first kappa shape index (κ1) is 23.5. The van der Waals surface area contributed by atoms with E-state index in [2.05, 4.69) is 31.5 Å². The lowest BCUT2D eigenvalue weighted by atomic mass is 10.2. The highest BCUT2D eigenvalue weighted by atomic mass is 79.9. The van der Waals surface area contributed by atoms with Crippen LogP contribution in [0.4, 0.5) is 10.5 Å². The van der Waals surface area contributed by atoms with E-state index in [1.807, 2.05) is 12.1 Å². The maximum Gasteiger partial charge on any atom is 0.322 e. The van der Waals surface area contributed by atoms with Crippen molar-refractivity contribution in [3.63, 3.8) is 0 Å².